The number of hydrogen-bond donors (Lipinski definition) is 3. The van der Waals surface area contributed by atoms with Crippen molar-refractivity contribution in [2.45, 2.75) is 38.3 Å². The molecule has 38 heavy (non-hydrogen) atoms. The minimum absolute atomic E-state index is 0.0637. The molecule has 2 aromatic carbocycles. The Morgan fingerprint density at radius 2 is 1.95 bits per heavy atom. The summed E-state index contributed by atoms with van der Waals surface area (Å²) in [6.07, 6.45) is 7.14. The molecule has 5 N–H and O–H groups in total. The maximum Gasteiger partial charge on any atom is 0.258 e. The number of aromatic nitrogens is 3. The molecule has 0 aliphatic carbocycles. The van der Waals surface area contributed by atoms with E-state index in [-0.39, 0.29) is 17.8 Å². The first kappa shape index (κ1) is 25.6. The normalized spacial score (nSPS) is 15.1. The van der Waals surface area contributed by atoms with Crippen LogP contribution in [0.3, 0.4) is 0 Å². The van der Waals surface area contributed by atoms with E-state index in [9.17, 15) is 4.79 Å². The number of aryl methyl sites for hydroxylation is 2. The van der Waals surface area contributed by atoms with Crippen molar-refractivity contribution >= 4 is 28.5 Å². The number of benzene rings is 2. The summed E-state index contributed by atoms with van der Waals surface area (Å²) >= 11 is 0. The zero-order chi connectivity index (χ0) is 26.5. The number of anilines is 1. The van der Waals surface area contributed by atoms with Crippen LogP contribution in [-0.4, -0.2) is 52.1 Å². The summed E-state index contributed by atoms with van der Waals surface area (Å²) in [5.74, 6) is 0.891. The number of rotatable bonds is 10. The highest BCUT2D eigenvalue weighted by atomic mass is 16.5. The van der Waals surface area contributed by atoms with Gasteiger partial charge < -0.3 is 25.7 Å². The molecule has 1 atom stereocenters. The summed E-state index contributed by atoms with van der Waals surface area (Å²) in [4.78, 5) is 24.3. The Labute approximate surface area is 221 Å². The number of nitrogens with one attached hydrogen (secondary N) is 1. The fourth-order valence-corrected chi connectivity index (χ4v) is 4.95. The molecule has 5 rings (SSSR count). The Balaban J connectivity index is 1.44. The van der Waals surface area contributed by atoms with Crippen molar-refractivity contribution in [1.29, 1.82) is 5.41 Å². The standard InChI is InChI=1S/C29H33N7O2/c30-13-15-35(23-3-1-14-33-18-23)29(37)22-10-11-26-25(17-22)34-27(36(26)19-24-4-2-16-38-24)12-7-20-5-8-21(9-6-20)28(31)32/h1,3,5-6,8-11,14,17-18,24H,2,4,7,12-13,15-16,19,30H2,(H3,31,32). The summed E-state index contributed by atoms with van der Waals surface area (Å²) in [6.45, 7) is 2.26. The maximum atomic E-state index is 13.5. The molecule has 1 unspecified atom stereocenters. The molecule has 0 bridgehead atoms. The molecular formula is C29H33N7O2. The first-order valence-corrected chi connectivity index (χ1v) is 13.0. The fraction of sp³-hybridized carbons (Fsp3) is 0.310. The number of pyridine rings is 1. The molecule has 0 spiro atoms. The average Bonchev–Trinajstić information content (AvgIpc) is 3.58. The van der Waals surface area contributed by atoms with Crippen molar-refractivity contribution in [2.24, 2.45) is 11.5 Å². The van der Waals surface area contributed by atoms with Crippen LogP contribution in [-0.2, 0) is 24.1 Å². The lowest BCUT2D eigenvalue weighted by molar-refractivity contribution is 0.0971. The van der Waals surface area contributed by atoms with Gasteiger partial charge in [-0.2, -0.15) is 0 Å². The lowest BCUT2D eigenvalue weighted by atomic mass is 10.1. The third-order valence-electron chi connectivity index (χ3n) is 6.94. The molecule has 1 saturated heterocycles. The van der Waals surface area contributed by atoms with Gasteiger partial charge in [-0.05, 0) is 55.2 Å². The molecule has 4 aromatic rings. The van der Waals surface area contributed by atoms with Gasteiger partial charge in [-0.3, -0.25) is 15.2 Å². The number of carbonyl (C=O) groups is 1. The summed E-state index contributed by atoms with van der Waals surface area (Å²) in [7, 11) is 0. The molecule has 0 radical (unpaired) electrons. The highest BCUT2D eigenvalue weighted by Crippen LogP contribution is 2.24. The topological polar surface area (TPSA) is 136 Å². The molecule has 2 aromatic heterocycles. The first-order valence-electron chi connectivity index (χ1n) is 13.0. The Bertz CT molecular complexity index is 1410. The Hall–Kier alpha value is -4.08. The predicted molar refractivity (Wildman–Crippen MR) is 149 cm³/mol. The molecule has 1 aliphatic rings. The molecule has 0 saturated carbocycles. The maximum absolute atomic E-state index is 13.5. The van der Waals surface area contributed by atoms with Gasteiger partial charge in [-0.1, -0.05) is 24.3 Å². The second-order valence-electron chi connectivity index (χ2n) is 9.54. The minimum atomic E-state index is -0.133. The lowest BCUT2D eigenvalue weighted by Gasteiger charge is -2.22. The quantitative estimate of drug-likeness (QED) is 0.221. The lowest BCUT2D eigenvalue weighted by Crippen LogP contribution is -2.35. The van der Waals surface area contributed by atoms with Gasteiger partial charge in [0.25, 0.3) is 5.91 Å². The van der Waals surface area contributed by atoms with Gasteiger partial charge >= 0.3 is 0 Å². The summed E-state index contributed by atoms with van der Waals surface area (Å²) in [6, 6.07) is 17.1. The third kappa shape index (κ3) is 5.58. The third-order valence-corrected chi connectivity index (χ3v) is 6.94. The van der Waals surface area contributed by atoms with E-state index in [2.05, 4.69) is 9.55 Å². The van der Waals surface area contributed by atoms with Crippen LogP contribution in [0, 0.1) is 5.41 Å². The molecule has 196 valence electrons. The van der Waals surface area contributed by atoms with E-state index < -0.39 is 0 Å². The van der Waals surface area contributed by atoms with Crippen LogP contribution in [0.2, 0.25) is 0 Å². The van der Waals surface area contributed by atoms with E-state index in [0.717, 1.165) is 61.3 Å². The average molecular weight is 512 g/mol. The summed E-state index contributed by atoms with van der Waals surface area (Å²) in [5.41, 5.74) is 16.3. The van der Waals surface area contributed by atoms with Crippen molar-refractivity contribution in [3.8, 4) is 0 Å². The number of nitrogen functional groups attached to an aromatic ring is 1. The van der Waals surface area contributed by atoms with E-state index in [0.29, 0.717) is 29.9 Å². The van der Waals surface area contributed by atoms with Gasteiger partial charge in [-0.25, -0.2) is 4.98 Å². The Morgan fingerprint density at radius 1 is 1.13 bits per heavy atom. The van der Waals surface area contributed by atoms with Crippen molar-refractivity contribution in [2.75, 3.05) is 24.6 Å². The van der Waals surface area contributed by atoms with Gasteiger partial charge in [0, 0.05) is 43.4 Å². The second-order valence-corrected chi connectivity index (χ2v) is 9.54. The fourth-order valence-electron chi connectivity index (χ4n) is 4.95. The first-order chi connectivity index (χ1) is 18.5. The number of amidine groups is 1. The molecular weight excluding hydrogens is 478 g/mol. The number of ether oxygens (including phenoxy) is 1. The van der Waals surface area contributed by atoms with Crippen LogP contribution in [0.15, 0.2) is 67.0 Å². The molecule has 9 nitrogen and oxygen atoms in total. The number of nitrogens with zero attached hydrogens (tertiary/aromatic N) is 4. The zero-order valence-electron chi connectivity index (χ0n) is 21.3. The van der Waals surface area contributed by atoms with E-state index >= 15 is 0 Å². The van der Waals surface area contributed by atoms with Crippen molar-refractivity contribution in [3.05, 3.63) is 89.5 Å². The van der Waals surface area contributed by atoms with Crippen LogP contribution < -0.4 is 16.4 Å². The van der Waals surface area contributed by atoms with E-state index in [4.69, 9.17) is 26.6 Å². The number of nitrogens with two attached hydrogens (primary N) is 2. The van der Waals surface area contributed by atoms with Crippen LogP contribution in [0.25, 0.3) is 11.0 Å². The van der Waals surface area contributed by atoms with E-state index in [1.807, 2.05) is 54.6 Å². The SMILES string of the molecule is N=C(N)c1ccc(CCc2nc3cc(C(=O)N(CCN)c4cccnc4)ccc3n2CC2CCCO2)cc1. The van der Waals surface area contributed by atoms with Crippen molar-refractivity contribution in [3.63, 3.8) is 0 Å². The van der Waals surface area contributed by atoms with E-state index in [1.54, 1.807) is 17.3 Å². The molecule has 1 fully saturated rings. The van der Waals surface area contributed by atoms with E-state index in [1.165, 1.54) is 0 Å². The largest absolute Gasteiger partial charge is 0.384 e. The molecule has 1 amide bonds. The van der Waals surface area contributed by atoms with Crippen molar-refractivity contribution in [1.82, 2.24) is 14.5 Å². The number of imidazole rings is 1. The van der Waals surface area contributed by atoms with Gasteiger partial charge in [0.1, 0.15) is 11.7 Å². The number of amides is 1. The highest BCUT2D eigenvalue weighted by molar-refractivity contribution is 6.07. The van der Waals surface area contributed by atoms with Crippen LogP contribution in [0.4, 0.5) is 5.69 Å². The van der Waals surface area contributed by atoms with Crippen LogP contribution >= 0.6 is 0 Å². The summed E-state index contributed by atoms with van der Waals surface area (Å²) in [5, 5.41) is 7.60. The number of hydrogen-bond acceptors (Lipinski definition) is 6. The molecule has 9 heteroatoms. The second kappa shape index (κ2) is 11.5. The van der Waals surface area contributed by atoms with Gasteiger partial charge in [0.15, 0.2) is 0 Å². The number of carbonyl (C=O) groups excluding carboxylic acids is 1. The van der Waals surface area contributed by atoms with Crippen molar-refractivity contribution < 1.29 is 9.53 Å². The van der Waals surface area contributed by atoms with Gasteiger partial charge in [0.05, 0.1) is 35.6 Å². The zero-order valence-corrected chi connectivity index (χ0v) is 21.3. The number of fused-ring (bicyclic) bond motifs is 1. The molecule has 1 aliphatic heterocycles. The highest BCUT2D eigenvalue weighted by Gasteiger charge is 2.22. The summed E-state index contributed by atoms with van der Waals surface area (Å²) < 4.78 is 8.18. The predicted octanol–water partition coefficient (Wildman–Crippen LogP) is 3.29. The van der Waals surface area contributed by atoms with Gasteiger partial charge in [0.2, 0.25) is 0 Å². The molecule has 3 heterocycles. The minimum Gasteiger partial charge on any atom is -0.384 e. The van der Waals surface area contributed by atoms with Gasteiger partial charge in [-0.15, -0.1) is 0 Å². The monoisotopic (exact) mass is 511 g/mol. The Kier molecular flexibility index (Phi) is 7.76. The van der Waals surface area contributed by atoms with Crippen LogP contribution in [0.1, 0.15) is 40.2 Å². The van der Waals surface area contributed by atoms with Crippen LogP contribution in [0.5, 0.6) is 0 Å². The Morgan fingerprint density at radius 3 is 2.63 bits per heavy atom. The smallest absolute Gasteiger partial charge is 0.258 e.